The number of rotatable bonds is 6. The highest BCUT2D eigenvalue weighted by Gasteiger charge is 2.18. The highest BCUT2D eigenvalue weighted by atomic mass is 32.2. The Hall–Kier alpha value is -2.13. The van der Waals surface area contributed by atoms with Crippen molar-refractivity contribution in [2.75, 3.05) is 11.1 Å². The second-order valence-corrected chi connectivity index (χ2v) is 8.81. The lowest BCUT2D eigenvalue weighted by molar-refractivity contribution is -0.117. The van der Waals surface area contributed by atoms with E-state index in [1.807, 2.05) is 19.1 Å². The van der Waals surface area contributed by atoms with Gasteiger partial charge in [-0.15, -0.1) is 10.2 Å². The van der Waals surface area contributed by atoms with E-state index in [9.17, 15) is 9.59 Å². The third-order valence-corrected chi connectivity index (χ3v) is 6.27. The SMILES string of the molecule is Cc1ccc(Nc2nnc(SCC(=O)NC(=O)NC3CCCC3)s2)c(C)c1. The van der Waals surface area contributed by atoms with Gasteiger partial charge in [-0.3, -0.25) is 10.1 Å². The van der Waals surface area contributed by atoms with Gasteiger partial charge in [0.1, 0.15) is 0 Å². The number of carbonyl (C=O) groups is 2. The van der Waals surface area contributed by atoms with Crippen LogP contribution in [0.3, 0.4) is 0 Å². The molecular formula is C18H23N5O2S2. The van der Waals surface area contributed by atoms with Gasteiger partial charge in [0.2, 0.25) is 11.0 Å². The molecule has 3 rings (SSSR count). The first kappa shape index (κ1) is 19.6. The normalized spacial score (nSPS) is 14.1. The van der Waals surface area contributed by atoms with Crippen LogP contribution in [0, 0.1) is 13.8 Å². The number of hydrogen-bond donors (Lipinski definition) is 3. The Labute approximate surface area is 166 Å². The van der Waals surface area contributed by atoms with Crippen molar-refractivity contribution in [1.82, 2.24) is 20.8 Å². The number of amides is 3. The van der Waals surface area contributed by atoms with Gasteiger partial charge < -0.3 is 10.6 Å². The van der Waals surface area contributed by atoms with Crippen LogP contribution in [0.15, 0.2) is 22.5 Å². The van der Waals surface area contributed by atoms with Gasteiger partial charge in [-0.2, -0.15) is 0 Å². The minimum atomic E-state index is -0.415. The number of nitrogens with one attached hydrogen (secondary N) is 3. The summed E-state index contributed by atoms with van der Waals surface area (Å²) >= 11 is 2.64. The molecule has 1 aliphatic rings. The van der Waals surface area contributed by atoms with Crippen molar-refractivity contribution in [3.05, 3.63) is 29.3 Å². The number of imide groups is 1. The largest absolute Gasteiger partial charge is 0.335 e. The summed E-state index contributed by atoms with van der Waals surface area (Å²) in [7, 11) is 0. The number of urea groups is 1. The van der Waals surface area contributed by atoms with Gasteiger partial charge in [-0.25, -0.2) is 4.79 Å². The van der Waals surface area contributed by atoms with E-state index in [0.717, 1.165) is 36.9 Å². The number of benzene rings is 1. The molecule has 1 fully saturated rings. The zero-order chi connectivity index (χ0) is 19.2. The van der Waals surface area contributed by atoms with Gasteiger partial charge in [-0.05, 0) is 38.3 Å². The maximum absolute atomic E-state index is 11.9. The second kappa shape index (κ2) is 9.18. The Morgan fingerprint density at radius 1 is 1.22 bits per heavy atom. The van der Waals surface area contributed by atoms with Gasteiger partial charge in [0.15, 0.2) is 4.34 Å². The molecule has 2 aromatic rings. The van der Waals surface area contributed by atoms with Crippen LogP contribution in [0.2, 0.25) is 0 Å². The van der Waals surface area contributed by atoms with Crippen LogP contribution >= 0.6 is 23.1 Å². The molecular weight excluding hydrogens is 382 g/mol. The number of hydrogen-bond acceptors (Lipinski definition) is 7. The molecule has 3 amide bonds. The fourth-order valence-electron chi connectivity index (χ4n) is 2.97. The quantitative estimate of drug-likeness (QED) is 0.633. The van der Waals surface area contributed by atoms with Crippen molar-refractivity contribution < 1.29 is 9.59 Å². The number of nitrogens with zero attached hydrogens (tertiary/aromatic N) is 2. The summed E-state index contributed by atoms with van der Waals surface area (Å²) in [6, 6.07) is 5.91. The van der Waals surface area contributed by atoms with Crippen LogP contribution in [0.1, 0.15) is 36.8 Å². The Morgan fingerprint density at radius 2 is 2.00 bits per heavy atom. The highest BCUT2D eigenvalue weighted by Crippen LogP contribution is 2.28. The van der Waals surface area contributed by atoms with Crippen molar-refractivity contribution in [2.24, 2.45) is 0 Å². The maximum atomic E-state index is 11.9. The zero-order valence-corrected chi connectivity index (χ0v) is 17.0. The molecule has 0 radical (unpaired) electrons. The van der Waals surface area contributed by atoms with Crippen molar-refractivity contribution >= 4 is 45.9 Å². The molecule has 7 nitrogen and oxygen atoms in total. The maximum Gasteiger partial charge on any atom is 0.321 e. The molecule has 0 bridgehead atoms. The monoisotopic (exact) mass is 405 g/mol. The Kier molecular flexibility index (Phi) is 6.68. The first-order valence-electron chi connectivity index (χ1n) is 8.90. The summed E-state index contributed by atoms with van der Waals surface area (Å²) in [4.78, 5) is 23.7. The summed E-state index contributed by atoms with van der Waals surface area (Å²) in [6.07, 6.45) is 4.23. The van der Waals surface area contributed by atoms with Crippen LogP contribution in [-0.2, 0) is 4.79 Å². The second-order valence-electron chi connectivity index (χ2n) is 6.61. The first-order valence-corrected chi connectivity index (χ1v) is 10.7. The first-order chi connectivity index (χ1) is 13.0. The number of thioether (sulfide) groups is 1. The van der Waals surface area contributed by atoms with E-state index < -0.39 is 6.03 Å². The molecule has 1 saturated carbocycles. The fraction of sp³-hybridized carbons (Fsp3) is 0.444. The summed E-state index contributed by atoms with van der Waals surface area (Å²) in [5, 5.41) is 17.3. The number of aryl methyl sites for hydroxylation is 2. The lowest BCUT2D eigenvalue weighted by Crippen LogP contribution is -2.44. The van der Waals surface area contributed by atoms with Gasteiger partial charge >= 0.3 is 6.03 Å². The molecule has 1 heterocycles. The third-order valence-electron chi connectivity index (χ3n) is 4.30. The molecule has 27 heavy (non-hydrogen) atoms. The van der Waals surface area contributed by atoms with E-state index >= 15 is 0 Å². The standard InChI is InChI=1S/C18H23N5O2S2/c1-11-7-8-14(12(2)9-11)20-17-22-23-18(27-17)26-10-15(24)21-16(25)19-13-5-3-4-6-13/h7-9,13H,3-6,10H2,1-2H3,(H,20,22)(H2,19,21,24,25). The lowest BCUT2D eigenvalue weighted by atomic mass is 10.1. The smallest absolute Gasteiger partial charge is 0.321 e. The van der Waals surface area contributed by atoms with Crippen molar-refractivity contribution in [1.29, 1.82) is 0 Å². The van der Waals surface area contributed by atoms with E-state index in [4.69, 9.17) is 0 Å². The van der Waals surface area contributed by atoms with Crippen LogP contribution in [0.25, 0.3) is 0 Å². The molecule has 0 spiro atoms. The molecule has 0 unspecified atom stereocenters. The Bertz CT molecular complexity index is 818. The molecule has 1 aliphatic carbocycles. The molecule has 0 aliphatic heterocycles. The molecule has 9 heteroatoms. The van der Waals surface area contributed by atoms with Crippen LogP contribution in [-0.4, -0.2) is 33.9 Å². The average molecular weight is 406 g/mol. The number of aromatic nitrogens is 2. The van der Waals surface area contributed by atoms with Crippen LogP contribution in [0.4, 0.5) is 15.6 Å². The summed E-state index contributed by atoms with van der Waals surface area (Å²) in [6.45, 7) is 4.09. The van der Waals surface area contributed by atoms with E-state index in [0.29, 0.717) is 9.47 Å². The fourth-order valence-corrected chi connectivity index (χ4v) is 4.53. The topological polar surface area (TPSA) is 96.0 Å². The van der Waals surface area contributed by atoms with Crippen molar-refractivity contribution in [2.45, 2.75) is 49.9 Å². The van der Waals surface area contributed by atoms with Crippen molar-refractivity contribution in [3.8, 4) is 0 Å². The van der Waals surface area contributed by atoms with Crippen LogP contribution in [0.5, 0.6) is 0 Å². The molecule has 3 N–H and O–H groups in total. The van der Waals surface area contributed by atoms with Gasteiger partial charge in [-0.1, -0.05) is 53.6 Å². The highest BCUT2D eigenvalue weighted by molar-refractivity contribution is 8.01. The summed E-state index contributed by atoms with van der Waals surface area (Å²) in [5.74, 6) is -0.217. The van der Waals surface area contributed by atoms with E-state index in [1.165, 1.54) is 28.7 Å². The zero-order valence-electron chi connectivity index (χ0n) is 15.4. The minimum absolute atomic E-state index is 0.121. The predicted molar refractivity (Wildman–Crippen MR) is 109 cm³/mol. The Balaban J connectivity index is 1.44. The summed E-state index contributed by atoms with van der Waals surface area (Å²) < 4.78 is 0.675. The molecule has 1 aromatic carbocycles. The van der Waals surface area contributed by atoms with E-state index in [1.54, 1.807) is 0 Å². The Morgan fingerprint density at radius 3 is 2.74 bits per heavy atom. The minimum Gasteiger partial charge on any atom is -0.335 e. The van der Waals surface area contributed by atoms with E-state index in [2.05, 4.69) is 39.1 Å². The number of carbonyl (C=O) groups excluding carboxylic acids is 2. The molecule has 1 aromatic heterocycles. The van der Waals surface area contributed by atoms with Gasteiger partial charge in [0.05, 0.1) is 5.75 Å². The molecule has 0 saturated heterocycles. The number of anilines is 2. The molecule has 0 atom stereocenters. The molecule has 144 valence electrons. The lowest BCUT2D eigenvalue weighted by Gasteiger charge is -2.11. The summed E-state index contributed by atoms with van der Waals surface area (Å²) in [5.41, 5.74) is 3.32. The average Bonchev–Trinajstić information content (AvgIpc) is 3.27. The van der Waals surface area contributed by atoms with E-state index in [-0.39, 0.29) is 17.7 Å². The van der Waals surface area contributed by atoms with Gasteiger partial charge in [0, 0.05) is 11.7 Å². The predicted octanol–water partition coefficient (Wildman–Crippen LogP) is 3.76. The van der Waals surface area contributed by atoms with Crippen molar-refractivity contribution in [3.63, 3.8) is 0 Å². The van der Waals surface area contributed by atoms with Crippen LogP contribution < -0.4 is 16.0 Å². The third kappa shape index (κ3) is 5.93. The van der Waals surface area contributed by atoms with Gasteiger partial charge in [0.25, 0.3) is 0 Å².